The number of methoxy groups -OCH3 is 1. The Morgan fingerprint density at radius 2 is 1.74 bits per heavy atom. The molecule has 0 fully saturated rings. The minimum absolute atomic E-state index is 0.105. The van der Waals surface area contributed by atoms with E-state index in [0.717, 1.165) is 11.3 Å². The van der Waals surface area contributed by atoms with Crippen molar-refractivity contribution in [2.45, 2.75) is 6.92 Å². The van der Waals surface area contributed by atoms with E-state index in [1.807, 2.05) is 43.3 Å². The van der Waals surface area contributed by atoms with Gasteiger partial charge in [-0.1, -0.05) is 24.3 Å². The molecule has 27 heavy (non-hydrogen) atoms. The monoisotopic (exact) mass is 364 g/mol. The molecular formula is C20H20N4O3. The topological polar surface area (TPSA) is 85.4 Å². The minimum atomic E-state index is -0.311. The Labute approximate surface area is 157 Å². The fourth-order valence-electron chi connectivity index (χ4n) is 2.37. The van der Waals surface area contributed by atoms with Gasteiger partial charge in [0.2, 0.25) is 0 Å². The van der Waals surface area contributed by atoms with E-state index in [9.17, 15) is 4.79 Å². The number of anilines is 3. The second-order valence-corrected chi connectivity index (χ2v) is 5.78. The second kappa shape index (κ2) is 8.66. The van der Waals surface area contributed by atoms with Crippen molar-refractivity contribution >= 4 is 23.2 Å². The molecule has 7 nitrogen and oxygen atoms in total. The van der Waals surface area contributed by atoms with Crippen molar-refractivity contribution in [2.24, 2.45) is 0 Å². The van der Waals surface area contributed by atoms with Crippen LogP contribution in [0.1, 0.15) is 5.56 Å². The standard InChI is InChI=1S/C20H20N4O3/c1-14-8-9-17(26-2)16(12-14)21-18-10-11-19(24-23-18)22-20(25)13-27-15-6-4-3-5-7-15/h3-12H,13H2,1-2H3,(H,21,23)(H,22,24,25). The average Bonchev–Trinajstić information content (AvgIpc) is 2.69. The lowest BCUT2D eigenvalue weighted by atomic mass is 10.2. The zero-order valence-corrected chi connectivity index (χ0v) is 15.1. The first kappa shape index (κ1) is 18.2. The molecule has 0 unspecified atom stereocenters. The van der Waals surface area contributed by atoms with Gasteiger partial charge in [-0.25, -0.2) is 0 Å². The third-order valence-corrected chi connectivity index (χ3v) is 3.66. The van der Waals surface area contributed by atoms with Crippen LogP contribution >= 0.6 is 0 Å². The molecular weight excluding hydrogens is 344 g/mol. The highest BCUT2D eigenvalue weighted by Gasteiger charge is 2.07. The number of hydrogen-bond donors (Lipinski definition) is 2. The van der Waals surface area contributed by atoms with Crippen molar-refractivity contribution in [1.29, 1.82) is 0 Å². The maximum atomic E-state index is 11.9. The van der Waals surface area contributed by atoms with Crippen LogP contribution in [-0.4, -0.2) is 29.8 Å². The summed E-state index contributed by atoms with van der Waals surface area (Å²) in [5.74, 6) is 1.91. The van der Waals surface area contributed by atoms with E-state index in [4.69, 9.17) is 9.47 Å². The van der Waals surface area contributed by atoms with Gasteiger partial charge in [0.15, 0.2) is 18.2 Å². The predicted molar refractivity (Wildman–Crippen MR) is 104 cm³/mol. The number of ether oxygens (including phenoxy) is 2. The van der Waals surface area contributed by atoms with Crippen LogP contribution in [0.15, 0.2) is 60.7 Å². The van der Waals surface area contributed by atoms with Crippen molar-refractivity contribution in [3.8, 4) is 11.5 Å². The number of para-hydroxylation sites is 1. The maximum Gasteiger partial charge on any atom is 0.263 e. The van der Waals surface area contributed by atoms with Crippen LogP contribution in [0.25, 0.3) is 0 Å². The Morgan fingerprint density at radius 1 is 1.00 bits per heavy atom. The molecule has 0 aliphatic carbocycles. The average molecular weight is 364 g/mol. The van der Waals surface area contributed by atoms with Gasteiger partial charge in [0.1, 0.15) is 11.5 Å². The number of aryl methyl sites for hydroxylation is 1. The Hall–Kier alpha value is -3.61. The van der Waals surface area contributed by atoms with Crippen molar-refractivity contribution in [1.82, 2.24) is 10.2 Å². The van der Waals surface area contributed by atoms with E-state index in [0.29, 0.717) is 23.1 Å². The lowest BCUT2D eigenvalue weighted by Gasteiger charge is -2.11. The fraction of sp³-hybridized carbons (Fsp3) is 0.150. The fourth-order valence-corrected chi connectivity index (χ4v) is 2.37. The van der Waals surface area contributed by atoms with Crippen molar-refractivity contribution in [2.75, 3.05) is 24.4 Å². The molecule has 0 aliphatic heterocycles. The molecule has 0 saturated heterocycles. The summed E-state index contributed by atoms with van der Waals surface area (Å²) in [6.07, 6.45) is 0. The maximum absolute atomic E-state index is 11.9. The van der Waals surface area contributed by atoms with E-state index < -0.39 is 0 Å². The first-order valence-corrected chi connectivity index (χ1v) is 8.37. The number of amides is 1. The largest absolute Gasteiger partial charge is 0.495 e. The Bertz CT molecular complexity index is 899. The number of aromatic nitrogens is 2. The molecule has 3 rings (SSSR count). The van der Waals surface area contributed by atoms with Crippen LogP contribution in [-0.2, 0) is 4.79 Å². The molecule has 138 valence electrons. The smallest absolute Gasteiger partial charge is 0.263 e. The number of rotatable bonds is 7. The summed E-state index contributed by atoms with van der Waals surface area (Å²) in [5, 5.41) is 13.9. The molecule has 1 amide bonds. The summed E-state index contributed by atoms with van der Waals surface area (Å²) in [5.41, 5.74) is 1.88. The van der Waals surface area contributed by atoms with Crippen LogP contribution in [0.3, 0.4) is 0 Å². The van der Waals surface area contributed by atoms with Gasteiger partial charge in [0.25, 0.3) is 5.91 Å². The van der Waals surface area contributed by atoms with Crippen LogP contribution < -0.4 is 20.1 Å². The molecule has 0 aliphatic rings. The summed E-state index contributed by atoms with van der Waals surface area (Å²) >= 11 is 0. The highest BCUT2D eigenvalue weighted by Crippen LogP contribution is 2.27. The summed E-state index contributed by atoms with van der Waals surface area (Å²) < 4.78 is 10.7. The highest BCUT2D eigenvalue weighted by atomic mass is 16.5. The van der Waals surface area contributed by atoms with Gasteiger partial charge < -0.3 is 20.1 Å². The first-order valence-electron chi connectivity index (χ1n) is 8.37. The van der Waals surface area contributed by atoms with Crippen LogP contribution in [0.5, 0.6) is 11.5 Å². The van der Waals surface area contributed by atoms with Gasteiger partial charge in [-0.05, 0) is 48.9 Å². The Balaban J connectivity index is 1.57. The number of hydrogen-bond acceptors (Lipinski definition) is 6. The second-order valence-electron chi connectivity index (χ2n) is 5.78. The van der Waals surface area contributed by atoms with E-state index in [2.05, 4.69) is 20.8 Å². The van der Waals surface area contributed by atoms with Crippen molar-refractivity contribution in [3.63, 3.8) is 0 Å². The van der Waals surface area contributed by atoms with Crippen LogP contribution in [0, 0.1) is 6.92 Å². The molecule has 0 spiro atoms. The SMILES string of the molecule is COc1ccc(C)cc1Nc1ccc(NC(=O)COc2ccccc2)nn1. The molecule has 0 atom stereocenters. The summed E-state index contributed by atoms with van der Waals surface area (Å²) in [4.78, 5) is 11.9. The van der Waals surface area contributed by atoms with E-state index in [1.54, 1.807) is 31.4 Å². The Morgan fingerprint density at radius 3 is 2.44 bits per heavy atom. The quantitative estimate of drug-likeness (QED) is 0.667. The third kappa shape index (κ3) is 5.18. The van der Waals surface area contributed by atoms with Crippen molar-refractivity contribution < 1.29 is 14.3 Å². The van der Waals surface area contributed by atoms with Gasteiger partial charge in [-0.2, -0.15) is 0 Å². The van der Waals surface area contributed by atoms with Gasteiger partial charge in [0, 0.05) is 0 Å². The molecule has 2 N–H and O–H groups in total. The number of carbonyl (C=O) groups excluding carboxylic acids is 1. The van der Waals surface area contributed by atoms with Gasteiger partial charge in [-0.3, -0.25) is 4.79 Å². The van der Waals surface area contributed by atoms with Crippen LogP contribution in [0.4, 0.5) is 17.3 Å². The molecule has 0 radical (unpaired) electrons. The summed E-state index contributed by atoms with van der Waals surface area (Å²) in [7, 11) is 1.61. The molecule has 7 heteroatoms. The van der Waals surface area contributed by atoms with Gasteiger partial charge >= 0.3 is 0 Å². The van der Waals surface area contributed by atoms with Crippen LogP contribution in [0.2, 0.25) is 0 Å². The first-order chi connectivity index (χ1) is 13.1. The molecule has 0 bridgehead atoms. The van der Waals surface area contributed by atoms with E-state index in [-0.39, 0.29) is 12.5 Å². The summed E-state index contributed by atoms with van der Waals surface area (Å²) in [6.45, 7) is 1.89. The highest BCUT2D eigenvalue weighted by molar-refractivity contribution is 5.90. The minimum Gasteiger partial charge on any atom is -0.495 e. The van der Waals surface area contributed by atoms with E-state index >= 15 is 0 Å². The lowest BCUT2D eigenvalue weighted by molar-refractivity contribution is -0.118. The number of nitrogens with zero attached hydrogens (tertiary/aromatic N) is 2. The molecule has 3 aromatic rings. The lowest BCUT2D eigenvalue weighted by Crippen LogP contribution is -2.21. The summed E-state index contributed by atoms with van der Waals surface area (Å²) in [6, 6.07) is 18.3. The number of carbonyl (C=O) groups is 1. The predicted octanol–water partition coefficient (Wildman–Crippen LogP) is 3.55. The molecule has 1 heterocycles. The number of benzene rings is 2. The van der Waals surface area contributed by atoms with Crippen molar-refractivity contribution in [3.05, 3.63) is 66.2 Å². The normalized spacial score (nSPS) is 10.1. The molecule has 1 aromatic heterocycles. The number of nitrogens with one attached hydrogen (secondary N) is 2. The molecule has 0 saturated carbocycles. The Kier molecular flexibility index (Phi) is 5.84. The zero-order chi connectivity index (χ0) is 19.1. The van der Waals surface area contributed by atoms with E-state index in [1.165, 1.54) is 0 Å². The van der Waals surface area contributed by atoms with Gasteiger partial charge in [0.05, 0.1) is 12.8 Å². The van der Waals surface area contributed by atoms with Gasteiger partial charge in [-0.15, -0.1) is 10.2 Å². The molecule has 2 aromatic carbocycles. The zero-order valence-electron chi connectivity index (χ0n) is 15.1. The third-order valence-electron chi connectivity index (χ3n) is 3.66.